The summed E-state index contributed by atoms with van der Waals surface area (Å²) < 4.78 is 5.54. The van der Waals surface area contributed by atoms with E-state index in [0.29, 0.717) is 6.42 Å². The fraction of sp³-hybridized carbons (Fsp3) is 0.211. The Bertz CT molecular complexity index is 800. The lowest BCUT2D eigenvalue weighted by atomic mass is 10.1. The van der Waals surface area contributed by atoms with E-state index in [2.05, 4.69) is 24.4 Å². The molecule has 3 nitrogen and oxygen atoms in total. The van der Waals surface area contributed by atoms with Crippen molar-refractivity contribution in [3.63, 3.8) is 0 Å². The maximum Gasteiger partial charge on any atom is 0.228 e. The van der Waals surface area contributed by atoms with Crippen LogP contribution in [0.25, 0.3) is 11.0 Å². The Balaban J connectivity index is 1.77. The van der Waals surface area contributed by atoms with Crippen LogP contribution in [0, 0.1) is 6.92 Å². The molecule has 0 unspecified atom stereocenters. The molecule has 0 aliphatic heterocycles. The minimum absolute atomic E-state index is 0.0338. The Kier molecular flexibility index (Phi) is 3.96. The molecule has 1 N–H and O–H groups in total. The van der Waals surface area contributed by atoms with Crippen molar-refractivity contribution in [3.8, 4) is 0 Å². The van der Waals surface area contributed by atoms with Gasteiger partial charge in [-0.25, -0.2) is 0 Å². The Labute approximate surface area is 130 Å². The number of nitrogens with one attached hydrogen (secondary N) is 1. The Morgan fingerprint density at radius 1 is 1.14 bits per heavy atom. The van der Waals surface area contributed by atoms with Gasteiger partial charge in [0.15, 0.2) is 0 Å². The first-order chi connectivity index (χ1) is 10.7. The standard InChI is InChI=1S/C19H19NO2/c1-3-14-6-9-18-17(10-14)15(12-22-18)11-19(21)20-16-7-4-13(2)5-8-16/h4-10,12H,3,11H2,1-2H3,(H,20,21). The van der Waals surface area contributed by atoms with Crippen LogP contribution in [0.4, 0.5) is 5.69 Å². The summed E-state index contributed by atoms with van der Waals surface area (Å²) in [7, 11) is 0. The van der Waals surface area contributed by atoms with Crippen LogP contribution in [0.15, 0.2) is 53.1 Å². The number of carbonyl (C=O) groups is 1. The molecule has 1 aromatic heterocycles. The lowest BCUT2D eigenvalue weighted by molar-refractivity contribution is -0.115. The highest BCUT2D eigenvalue weighted by Gasteiger charge is 2.11. The summed E-state index contributed by atoms with van der Waals surface area (Å²) in [5, 5.41) is 3.95. The minimum Gasteiger partial charge on any atom is -0.464 e. The number of aryl methyl sites for hydroxylation is 2. The van der Waals surface area contributed by atoms with Gasteiger partial charge in [-0.1, -0.05) is 30.7 Å². The smallest absolute Gasteiger partial charge is 0.228 e. The van der Waals surface area contributed by atoms with Crippen LogP contribution >= 0.6 is 0 Å². The second-order valence-electron chi connectivity index (χ2n) is 5.54. The van der Waals surface area contributed by atoms with Crippen LogP contribution < -0.4 is 5.32 Å². The second-order valence-corrected chi connectivity index (χ2v) is 5.54. The SMILES string of the molecule is CCc1ccc2occ(CC(=O)Nc3ccc(C)cc3)c2c1. The van der Waals surface area contributed by atoms with Crippen molar-refractivity contribution < 1.29 is 9.21 Å². The number of furan rings is 1. The van der Waals surface area contributed by atoms with Gasteiger partial charge in [-0.2, -0.15) is 0 Å². The zero-order valence-electron chi connectivity index (χ0n) is 12.8. The van der Waals surface area contributed by atoms with Crippen LogP contribution in [-0.4, -0.2) is 5.91 Å². The Hall–Kier alpha value is -2.55. The van der Waals surface area contributed by atoms with E-state index in [0.717, 1.165) is 28.6 Å². The predicted molar refractivity (Wildman–Crippen MR) is 89.1 cm³/mol. The molecule has 3 aromatic rings. The average molecular weight is 293 g/mol. The molecule has 2 aromatic carbocycles. The van der Waals surface area contributed by atoms with Crippen molar-refractivity contribution in [2.75, 3.05) is 5.32 Å². The summed E-state index contributed by atoms with van der Waals surface area (Å²) >= 11 is 0. The van der Waals surface area contributed by atoms with Gasteiger partial charge in [0.25, 0.3) is 0 Å². The first kappa shape index (κ1) is 14.4. The molecule has 0 fully saturated rings. The quantitative estimate of drug-likeness (QED) is 0.770. The zero-order chi connectivity index (χ0) is 15.5. The molecule has 0 saturated heterocycles. The van der Waals surface area contributed by atoms with Gasteiger partial charge in [0.1, 0.15) is 5.58 Å². The van der Waals surface area contributed by atoms with E-state index >= 15 is 0 Å². The highest BCUT2D eigenvalue weighted by molar-refractivity contribution is 5.95. The summed E-state index contributed by atoms with van der Waals surface area (Å²) in [5.41, 5.74) is 4.99. The molecule has 0 aliphatic carbocycles. The number of amides is 1. The van der Waals surface area contributed by atoms with Gasteiger partial charge in [0.2, 0.25) is 5.91 Å². The number of hydrogen-bond donors (Lipinski definition) is 1. The van der Waals surface area contributed by atoms with Crippen molar-refractivity contribution >= 4 is 22.6 Å². The normalized spacial score (nSPS) is 10.8. The molecular weight excluding hydrogens is 274 g/mol. The maximum atomic E-state index is 12.2. The molecular formula is C19H19NO2. The maximum absolute atomic E-state index is 12.2. The number of rotatable bonds is 4. The van der Waals surface area contributed by atoms with E-state index in [9.17, 15) is 4.79 Å². The largest absolute Gasteiger partial charge is 0.464 e. The van der Waals surface area contributed by atoms with Crippen molar-refractivity contribution in [2.45, 2.75) is 26.7 Å². The summed E-state index contributed by atoms with van der Waals surface area (Å²) in [5.74, 6) is -0.0338. The molecule has 3 rings (SSSR count). The highest BCUT2D eigenvalue weighted by atomic mass is 16.3. The molecule has 0 radical (unpaired) electrons. The number of fused-ring (bicyclic) bond motifs is 1. The summed E-state index contributed by atoms with van der Waals surface area (Å²) in [6.07, 6.45) is 2.96. The first-order valence-electron chi connectivity index (χ1n) is 7.51. The van der Waals surface area contributed by atoms with Crippen molar-refractivity contribution in [3.05, 3.63) is 65.4 Å². The van der Waals surface area contributed by atoms with Gasteiger partial charge in [0, 0.05) is 16.6 Å². The third kappa shape index (κ3) is 3.03. The van der Waals surface area contributed by atoms with Gasteiger partial charge < -0.3 is 9.73 Å². The number of carbonyl (C=O) groups excluding carboxylic acids is 1. The van der Waals surface area contributed by atoms with Crippen LogP contribution in [0.3, 0.4) is 0 Å². The first-order valence-corrected chi connectivity index (χ1v) is 7.51. The fourth-order valence-corrected chi connectivity index (χ4v) is 2.50. The molecule has 0 spiro atoms. The van der Waals surface area contributed by atoms with Crippen molar-refractivity contribution in [1.82, 2.24) is 0 Å². The summed E-state index contributed by atoms with van der Waals surface area (Å²) in [4.78, 5) is 12.2. The molecule has 3 heteroatoms. The average Bonchev–Trinajstić information content (AvgIpc) is 2.91. The molecule has 0 bridgehead atoms. The summed E-state index contributed by atoms with van der Waals surface area (Å²) in [6, 6.07) is 13.9. The minimum atomic E-state index is -0.0338. The topological polar surface area (TPSA) is 42.2 Å². The van der Waals surface area contributed by atoms with Crippen LogP contribution in [0.5, 0.6) is 0 Å². The van der Waals surface area contributed by atoms with Gasteiger partial charge in [-0.05, 0) is 43.2 Å². The lowest BCUT2D eigenvalue weighted by Crippen LogP contribution is -2.14. The zero-order valence-corrected chi connectivity index (χ0v) is 12.8. The van der Waals surface area contributed by atoms with E-state index in [4.69, 9.17) is 4.42 Å². The number of benzene rings is 2. The van der Waals surface area contributed by atoms with Gasteiger partial charge in [0.05, 0.1) is 12.7 Å². The highest BCUT2D eigenvalue weighted by Crippen LogP contribution is 2.23. The molecule has 0 saturated carbocycles. The van der Waals surface area contributed by atoms with Gasteiger partial charge in [-0.3, -0.25) is 4.79 Å². The third-order valence-corrected chi connectivity index (χ3v) is 3.81. The lowest BCUT2D eigenvalue weighted by Gasteiger charge is -2.05. The molecule has 0 atom stereocenters. The molecule has 22 heavy (non-hydrogen) atoms. The van der Waals surface area contributed by atoms with Crippen LogP contribution in [0.1, 0.15) is 23.6 Å². The van der Waals surface area contributed by atoms with Crippen molar-refractivity contribution in [2.24, 2.45) is 0 Å². The van der Waals surface area contributed by atoms with E-state index in [1.54, 1.807) is 6.26 Å². The molecule has 1 amide bonds. The van der Waals surface area contributed by atoms with Crippen LogP contribution in [-0.2, 0) is 17.6 Å². The van der Waals surface area contributed by atoms with Gasteiger partial charge >= 0.3 is 0 Å². The Morgan fingerprint density at radius 2 is 1.91 bits per heavy atom. The number of anilines is 1. The monoisotopic (exact) mass is 293 g/mol. The van der Waals surface area contributed by atoms with Crippen molar-refractivity contribution in [1.29, 1.82) is 0 Å². The van der Waals surface area contributed by atoms with E-state index in [1.165, 1.54) is 11.1 Å². The second kappa shape index (κ2) is 6.06. The third-order valence-electron chi connectivity index (χ3n) is 3.81. The van der Waals surface area contributed by atoms with E-state index in [1.807, 2.05) is 37.3 Å². The predicted octanol–water partition coefficient (Wildman–Crippen LogP) is 4.48. The molecule has 112 valence electrons. The Morgan fingerprint density at radius 3 is 2.64 bits per heavy atom. The number of hydrogen-bond acceptors (Lipinski definition) is 2. The van der Waals surface area contributed by atoms with Gasteiger partial charge in [-0.15, -0.1) is 0 Å². The van der Waals surface area contributed by atoms with E-state index in [-0.39, 0.29) is 5.91 Å². The fourth-order valence-electron chi connectivity index (χ4n) is 2.50. The molecule has 1 heterocycles. The molecule has 0 aliphatic rings. The summed E-state index contributed by atoms with van der Waals surface area (Å²) in [6.45, 7) is 4.14. The van der Waals surface area contributed by atoms with Crippen LogP contribution in [0.2, 0.25) is 0 Å². The van der Waals surface area contributed by atoms with E-state index < -0.39 is 0 Å².